The van der Waals surface area contributed by atoms with E-state index >= 15 is 0 Å². The van der Waals surface area contributed by atoms with Gasteiger partial charge in [-0.3, -0.25) is 5.41 Å². The van der Waals surface area contributed by atoms with Crippen LogP contribution in [-0.4, -0.2) is 12.3 Å². The van der Waals surface area contributed by atoms with Gasteiger partial charge in [-0.2, -0.15) is 4.39 Å². The van der Waals surface area contributed by atoms with Gasteiger partial charge in [-0.05, 0) is 6.92 Å². The van der Waals surface area contributed by atoms with Crippen LogP contribution in [0, 0.1) is 5.41 Å². The van der Waals surface area contributed by atoms with Gasteiger partial charge in [0.25, 0.3) is 0 Å². The number of hydrogen-bond acceptors (Lipinski definition) is 1. The second-order valence-corrected chi connectivity index (χ2v) is 0.812. The third kappa shape index (κ3) is 3.27. The number of halogens is 1. The summed E-state index contributed by atoms with van der Waals surface area (Å²) in [4.78, 5) is 2.92. The van der Waals surface area contributed by atoms with E-state index < -0.39 is 0 Å². The van der Waals surface area contributed by atoms with Gasteiger partial charge in [-0.25, -0.2) is 4.99 Å². The molecule has 0 saturated heterocycles. The molecule has 6 heavy (non-hydrogen) atoms. The van der Waals surface area contributed by atoms with Crippen LogP contribution in [0.3, 0.4) is 0 Å². The predicted octanol–water partition coefficient (Wildman–Crippen LogP) is 0.981. The number of aliphatic imine (C=N–C) groups is 1. The normalized spacial score (nSPS) is 9.67. The van der Waals surface area contributed by atoms with E-state index in [1.54, 1.807) is 0 Å². The second-order valence-electron chi connectivity index (χ2n) is 0.812. The maximum absolute atomic E-state index is 10.8. The number of nitrogens with one attached hydrogen (secondary N) is 1. The highest BCUT2D eigenvalue weighted by molar-refractivity contribution is 5.82. The zero-order valence-corrected chi connectivity index (χ0v) is 3.40. The first kappa shape index (κ1) is 5.27. The predicted molar refractivity (Wildman–Crippen MR) is 23.0 cm³/mol. The van der Waals surface area contributed by atoms with Gasteiger partial charge in [0.15, 0.2) is 6.47 Å². The molecule has 0 aliphatic heterocycles. The first-order chi connectivity index (χ1) is 2.77. The summed E-state index contributed by atoms with van der Waals surface area (Å²) in [5.41, 5.74) is 0. The van der Waals surface area contributed by atoms with Gasteiger partial charge in [-0.15, -0.1) is 0 Å². The Morgan fingerprint density at radius 1 is 2.00 bits per heavy atom. The minimum Gasteiger partial charge on any atom is -0.287 e. The number of rotatable bonds is 0. The zero-order valence-electron chi connectivity index (χ0n) is 3.40. The fourth-order valence-electron chi connectivity index (χ4n) is 0.0732. The van der Waals surface area contributed by atoms with Crippen LogP contribution in [0.25, 0.3) is 0 Å². The van der Waals surface area contributed by atoms with Crippen molar-refractivity contribution < 1.29 is 4.39 Å². The van der Waals surface area contributed by atoms with E-state index in [9.17, 15) is 4.39 Å². The van der Waals surface area contributed by atoms with Crippen LogP contribution in [-0.2, 0) is 0 Å². The molecule has 34 valence electrons. The van der Waals surface area contributed by atoms with Crippen molar-refractivity contribution in [1.82, 2.24) is 0 Å². The van der Waals surface area contributed by atoms with Crippen molar-refractivity contribution in [2.45, 2.75) is 6.92 Å². The van der Waals surface area contributed by atoms with E-state index in [0.717, 1.165) is 0 Å². The smallest absolute Gasteiger partial charge is 0.177 e. The fourth-order valence-corrected chi connectivity index (χ4v) is 0.0732. The molecule has 0 aliphatic carbocycles. The lowest BCUT2D eigenvalue weighted by Crippen LogP contribution is -1.76. The Morgan fingerprint density at radius 3 is 2.50 bits per heavy atom. The molecule has 0 fully saturated rings. The molecule has 3 heteroatoms. The molecule has 0 aromatic heterocycles. The summed E-state index contributed by atoms with van der Waals surface area (Å²) < 4.78 is 10.8. The number of amidine groups is 1. The minimum atomic E-state index is -0.0162. The van der Waals surface area contributed by atoms with Crippen molar-refractivity contribution in [2.24, 2.45) is 4.99 Å². The van der Waals surface area contributed by atoms with Crippen LogP contribution < -0.4 is 0 Å². The minimum absolute atomic E-state index is 0.0162. The molecule has 0 bridgehead atoms. The highest BCUT2D eigenvalue weighted by Gasteiger charge is 1.69. The third-order valence-electron chi connectivity index (χ3n) is 0.242. The molecule has 2 nitrogen and oxygen atoms in total. The second kappa shape index (κ2) is 2.50. The van der Waals surface area contributed by atoms with Crippen LogP contribution in [0.4, 0.5) is 4.39 Å². The molecule has 0 amide bonds. The highest BCUT2D eigenvalue weighted by atomic mass is 19.1. The van der Waals surface area contributed by atoms with Crippen LogP contribution in [0.1, 0.15) is 6.92 Å². The quantitative estimate of drug-likeness (QED) is 0.338. The molecule has 0 saturated carbocycles. The largest absolute Gasteiger partial charge is 0.287 e. The summed E-state index contributed by atoms with van der Waals surface area (Å²) in [5.74, 6) is -0.0162. The van der Waals surface area contributed by atoms with Gasteiger partial charge in [0.1, 0.15) is 5.84 Å². The maximum atomic E-state index is 10.8. The molecule has 0 aromatic carbocycles. The van der Waals surface area contributed by atoms with Crippen molar-refractivity contribution in [3.05, 3.63) is 0 Å². The molecule has 1 N–H and O–H groups in total. The monoisotopic (exact) mass is 88.0 g/mol. The lowest BCUT2D eigenvalue weighted by molar-refractivity contribution is 0.843. The van der Waals surface area contributed by atoms with Crippen molar-refractivity contribution in [3.63, 3.8) is 0 Å². The summed E-state index contributed by atoms with van der Waals surface area (Å²) in [6, 6.07) is 0. The van der Waals surface area contributed by atoms with E-state index in [1.165, 1.54) is 6.92 Å². The first-order valence-corrected chi connectivity index (χ1v) is 1.45. The summed E-state index contributed by atoms with van der Waals surface area (Å²) in [6.07, 6.45) is 0. The summed E-state index contributed by atoms with van der Waals surface area (Å²) in [6.45, 7) is 1.50. The summed E-state index contributed by atoms with van der Waals surface area (Å²) in [7, 11) is 0. The van der Waals surface area contributed by atoms with E-state index in [4.69, 9.17) is 5.41 Å². The van der Waals surface area contributed by atoms with Gasteiger partial charge >= 0.3 is 0 Å². The Labute approximate surface area is 35.2 Å². The molecule has 0 aromatic rings. The summed E-state index contributed by atoms with van der Waals surface area (Å²) in [5, 5.41) is 6.46. The lowest BCUT2D eigenvalue weighted by Gasteiger charge is -1.72. The SMILES string of the molecule is CC(=N)N=CF. The van der Waals surface area contributed by atoms with E-state index in [0.29, 0.717) is 0 Å². The molecule has 0 spiro atoms. The Balaban J connectivity index is 3.30. The number of nitrogens with zero attached hydrogens (tertiary/aromatic N) is 1. The standard InChI is InChI=1S/C3H5FN2/c1-3(5)6-2-4/h2,5H,1H3. The van der Waals surface area contributed by atoms with Gasteiger partial charge in [0, 0.05) is 0 Å². The average Bonchev–Trinajstić information content (AvgIpc) is 1.35. The van der Waals surface area contributed by atoms with E-state index in [-0.39, 0.29) is 12.3 Å². The van der Waals surface area contributed by atoms with E-state index in [1.807, 2.05) is 0 Å². The number of hydrogen-bond donors (Lipinski definition) is 1. The molecule has 0 rings (SSSR count). The van der Waals surface area contributed by atoms with Crippen molar-refractivity contribution >= 4 is 12.3 Å². The van der Waals surface area contributed by atoms with Crippen molar-refractivity contribution in [1.29, 1.82) is 5.41 Å². The summed E-state index contributed by atoms with van der Waals surface area (Å²) >= 11 is 0. The average molecular weight is 88.1 g/mol. The molecule has 0 unspecified atom stereocenters. The van der Waals surface area contributed by atoms with Crippen LogP contribution in [0.2, 0.25) is 0 Å². The Kier molecular flexibility index (Phi) is 2.20. The third-order valence-corrected chi connectivity index (χ3v) is 0.242. The lowest BCUT2D eigenvalue weighted by atomic mass is 10.7. The van der Waals surface area contributed by atoms with Crippen LogP contribution in [0.5, 0.6) is 0 Å². The molecule has 0 heterocycles. The Morgan fingerprint density at radius 2 is 2.50 bits per heavy atom. The molecule has 0 atom stereocenters. The van der Waals surface area contributed by atoms with Gasteiger partial charge in [0.05, 0.1) is 0 Å². The molecular weight excluding hydrogens is 83.0 g/mol. The highest BCUT2D eigenvalue weighted by Crippen LogP contribution is 1.66. The van der Waals surface area contributed by atoms with Crippen LogP contribution in [0.15, 0.2) is 4.99 Å². The fraction of sp³-hybridized carbons (Fsp3) is 0.333. The Hall–Kier alpha value is -0.730. The first-order valence-electron chi connectivity index (χ1n) is 1.45. The molecule has 0 radical (unpaired) electrons. The maximum Gasteiger partial charge on any atom is 0.177 e. The van der Waals surface area contributed by atoms with E-state index in [2.05, 4.69) is 4.99 Å². The van der Waals surface area contributed by atoms with Gasteiger partial charge in [0.2, 0.25) is 0 Å². The molecule has 0 aliphatic rings. The van der Waals surface area contributed by atoms with Gasteiger partial charge < -0.3 is 0 Å². The molecular formula is C3H5FN2. The zero-order chi connectivity index (χ0) is 4.99. The van der Waals surface area contributed by atoms with Crippen molar-refractivity contribution in [3.8, 4) is 0 Å². The topological polar surface area (TPSA) is 36.2 Å². The van der Waals surface area contributed by atoms with Crippen LogP contribution >= 0.6 is 0 Å². The van der Waals surface area contributed by atoms with Crippen molar-refractivity contribution in [2.75, 3.05) is 0 Å². The van der Waals surface area contributed by atoms with Gasteiger partial charge in [-0.1, -0.05) is 0 Å². The Bertz CT molecular complexity index is 76.9.